The van der Waals surface area contributed by atoms with Crippen molar-refractivity contribution in [2.75, 3.05) is 11.0 Å². The zero-order valence-electron chi connectivity index (χ0n) is 19.5. The maximum absolute atomic E-state index is 13.7. The van der Waals surface area contributed by atoms with E-state index < -0.39 is 37.1 Å². The molecule has 0 aliphatic carbocycles. The summed E-state index contributed by atoms with van der Waals surface area (Å²) in [6, 6.07) is 19.8. The maximum atomic E-state index is 13.7. The summed E-state index contributed by atoms with van der Waals surface area (Å²) in [5, 5.41) is 9.94. The van der Waals surface area contributed by atoms with Gasteiger partial charge in [0.05, 0.1) is 23.2 Å². The number of Topliss-reactive ketones (excluding diaryl/α,β-unsaturated/α-hetero) is 1. The molecule has 12 nitrogen and oxygen atoms in total. The smallest absolute Gasteiger partial charge is 0.270 e. The molecular weight excluding hydrogens is 552 g/mol. The maximum Gasteiger partial charge on any atom is 0.270 e. The predicted molar refractivity (Wildman–Crippen MR) is 138 cm³/mol. The normalized spacial score (nSPS) is 15.2. The van der Waals surface area contributed by atoms with Crippen LogP contribution in [0.25, 0.3) is 5.69 Å². The summed E-state index contributed by atoms with van der Waals surface area (Å²) < 4.78 is 54.3. The number of carbonyl (C=O) groups is 2. The monoisotopic (exact) mass is 570 g/mol. The molecule has 3 aromatic carbocycles. The number of hydrogen-bond acceptors (Lipinski definition) is 10. The average Bonchev–Trinajstić information content (AvgIpc) is 3.42. The van der Waals surface area contributed by atoms with Crippen LogP contribution in [0.2, 0.25) is 0 Å². The van der Waals surface area contributed by atoms with Gasteiger partial charge in [0.2, 0.25) is 15.2 Å². The Kier molecular flexibility index (Phi) is 6.50. The first-order chi connectivity index (χ1) is 18.1. The van der Waals surface area contributed by atoms with Crippen LogP contribution in [0.4, 0.5) is 5.69 Å². The van der Waals surface area contributed by atoms with E-state index in [1.54, 1.807) is 30.3 Å². The third kappa shape index (κ3) is 4.78. The van der Waals surface area contributed by atoms with E-state index in [9.17, 15) is 26.4 Å². The van der Waals surface area contributed by atoms with Crippen molar-refractivity contribution < 1.29 is 26.4 Å². The Bertz CT molecular complexity index is 1770. The highest BCUT2D eigenvalue weighted by atomic mass is 32.2. The molecule has 0 saturated heterocycles. The average molecular weight is 571 g/mol. The molecule has 1 atom stereocenters. The van der Waals surface area contributed by atoms with E-state index in [0.29, 0.717) is 21.8 Å². The Hall–Kier alpha value is -4.08. The first-order valence-electron chi connectivity index (χ1n) is 10.9. The van der Waals surface area contributed by atoms with Crippen LogP contribution < -0.4 is 4.72 Å². The summed E-state index contributed by atoms with van der Waals surface area (Å²) in [6.07, 6.45) is 1.00. The van der Waals surface area contributed by atoms with Crippen molar-refractivity contribution in [3.05, 3.63) is 90.0 Å². The Balaban J connectivity index is 1.58. The number of carbonyl (C=O) groups excluding carboxylic acids is 2. The second kappa shape index (κ2) is 9.66. The number of aromatic nitrogens is 4. The van der Waals surface area contributed by atoms with Gasteiger partial charge in [-0.1, -0.05) is 48.5 Å². The third-order valence-electron chi connectivity index (χ3n) is 5.40. The lowest BCUT2D eigenvalue weighted by molar-refractivity contribution is 0.0803. The largest absolute Gasteiger partial charge is 0.291 e. The molecule has 0 spiro atoms. The molecule has 0 bridgehead atoms. The van der Waals surface area contributed by atoms with Crippen molar-refractivity contribution in [2.24, 2.45) is 0 Å². The number of ketones is 1. The van der Waals surface area contributed by atoms with Gasteiger partial charge in [-0.25, -0.2) is 21.1 Å². The van der Waals surface area contributed by atoms with E-state index in [0.717, 1.165) is 6.26 Å². The van der Waals surface area contributed by atoms with E-state index in [2.05, 4.69) is 20.2 Å². The molecule has 0 radical (unpaired) electrons. The van der Waals surface area contributed by atoms with Crippen molar-refractivity contribution in [3.8, 4) is 5.69 Å². The summed E-state index contributed by atoms with van der Waals surface area (Å²) in [7, 11) is -7.93. The zero-order valence-corrected chi connectivity index (χ0v) is 21.9. The summed E-state index contributed by atoms with van der Waals surface area (Å²) in [4.78, 5) is 26.8. The van der Waals surface area contributed by atoms with Gasteiger partial charge in [-0.2, -0.15) is 4.68 Å². The molecule has 1 aromatic heterocycles. The topological polar surface area (TPSA) is 161 Å². The molecule has 1 aliphatic heterocycles. The van der Waals surface area contributed by atoms with Gasteiger partial charge in [0.15, 0.2) is 11.2 Å². The number of fused-ring (bicyclic) bond motifs is 1. The number of rotatable bonds is 8. The van der Waals surface area contributed by atoms with Crippen molar-refractivity contribution in [2.45, 2.75) is 15.4 Å². The van der Waals surface area contributed by atoms with Crippen molar-refractivity contribution >= 4 is 49.2 Å². The number of anilines is 1. The Morgan fingerprint density at radius 3 is 2.42 bits per heavy atom. The van der Waals surface area contributed by atoms with Gasteiger partial charge >= 0.3 is 0 Å². The van der Waals surface area contributed by atoms with Crippen molar-refractivity contribution in [3.63, 3.8) is 0 Å². The second-order valence-corrected chi connectivity index (χ2v) is 12.7. The molecule has 0 saturated carbocycles. The van der Waals surface area contributed by atoms with Crippen LogP contribution in [-0.2, 0) is 20.0 Å². The van der Waals surface area contributed by atoms with Gasteiger partial charge in [-0.05, 0) is 52.5 Å². The highest BCUT2D eigenvalue weighted by Crippen LogP contribution is 2.38. The molecule has 1 N–H and O–H groups in total. The summed E-state index contributed by atoms with van der Waals surface area (Å²) in [5.41, 5.74) is 0.706. The number of nitrogens with zero attached hydrogens (tertiary/aromatic N) is 5. The minimum atomic E-state index is -4.37. The third-order valence-corrected chi connectivity index (χ3v) is 9.06. The molecule has 2 heterocycles. The van der Waals surface area contributed by atoms with E-state index >= 15 is 0 Å². The Labute approximate surface area is 221 Å². The number of benzene rings is 3. The van der Waals surface area contributed by atoms with Gasteiger partial charge < -0.3 is 0 Å². The lowest BCUT2D eigenvalue weighted by atomic mass is 10.1. The van der Waals surface area contributed by atoms with Gasteiger partial charge in [0.1, 0.15) is 4.90 Å². The highest BCUT2D eigenvalue weighted by Gasteiger charge is 2.48. The predicted octanol–water partition coefficient (Wildman–Crippen LogP) is 2.18. The number of nitrogens with one attached hydrogen (secondary N) is 1. The van der Waals surface area contributed by atoms with Crippen LogP contribution in [0.3, 0.4) is 0 Å². The van der Waals surface area contributed by atoms with Crippen LogP contribution in [0.5, 0.6) is 0 Å². The van der Waals surface area contributed by atoms with Crippen LogP contribution in [-0.4, -0.2) is 64.7 Å². The highest BCUT2D eigenvalue weighted by molar-refractivity contribution is 8.01. The van der Waals surface area contributed by atoms with E-state index in [1.807, 2.05) is 0 Å². The number of thioether (sulfide) groups is 1. The zero-order chi connectivity index (χ0) is 27.1. The number of tetrazole rings is 1. The molecule has 1 aliphatic rings. The molecule has 15 heteroatoms. The number of hydrogen-bond donors (Lipinski definition) is 1. The van der Waals surface area contributed by atoms with Gasteiger partial charge in [-0.3, -0.25) is 14.3 Å². The number of sulfonamides is 2. The summed E-state index contributed by atoms with van der Waals surface area (Å²) in [6.45, 7) is 0. The molecule has 5 rings (SSSR count). The molecule has 0 fully saturated rings. The van der Waals surface area contributed by atoms with Crippen LogP contribution in [0, 0.1) is 0 Å². The molecule has 194 valence electrons. The lowest BCUT2D eigenvalue weighted by Gasteiger charge is -2.24. The lowest BCUT2D eigenvalue weighted by Crippen LogP contribution is -2.43. The van der Waals surface area contributed by atoms with Gasteiger partial charge in [0.25, 0.3) is 15.9 Å². The Morgan fingerprint density at radius 1 is 1.00 bits per heavy atom. The minimum absolute atomic E-state index is 0.00487. The molecule has 4 aromatic rings. The quantitative estimate of drug-likeness (QED) is 0.245. The SMILES string of the molecule is CS(=O)(=O)Nc1cccc(-n2nnnc2SC(C(=O)c2ccccc2)N2C(=O)c3ccccc3S2(=O)=O)c1. The molecular formula is C23H18N6O6S3. The van der Waals surface area contributed by atoms with Crippen molar-refractivity contribution in [1.29, 1.82) is 0 Å². The second-order valence-electron chi connectivity index (χ2n) is 8.10. The van der Waals surface area contributed by atoms with E-state index in [4.69, 9.17) is 0 Å². The van der Waals surface area contributed by atoms with Gasteiger partial charge in [0, 0.05) is 5.56 Å². The number of amides is 1. The fourth-order valence-corrected chi connectivity index (χ4v) is 7.36. The standard InChI is InChI=1S/C23H18N6O6S3/c1-37(32,33)25-16-10-7-11-17(14-16)28-23(24-26-27-28)36-22(20(30)15-8-3-2-4-9-15)29-21(31)18-12-5-6-13-19(18)38(29,34)35/h2-14,22,25H,1H3. The van der Waals surface area contributed by atoms with E-state index in [-0.39, 0.29) is 26.9 Å². The molecule has 38 heavy (non-hydrogen) atoms. The summed E-state index contributed by atoms with van der Waals surface area (Å²) >= 11 is 0.677. The first-order valence-corrected chi connectivity index (χ1v) is 15.1. The minimum Gasteiger partial charge on any atom is -0.291 e. The van der Waals surface area contributed by atoms with Crippen LogP contribution >= 0.6 is 11.8 Å². The first kappa shape index (κ1) is 25.6. The van der Waals surface area contributed by atoms with E-state index in [1.165, 1.54) is 53.2 Å². The molecule has 1 unspecified atom stereocenters. The van der Waals surface area contributed by atoms with Crippen LogP contribution in [0.1, 0.15) is 20.7 Å². The summed E-state index contributed by atoms with van der Waals surface area (Å²) in [5.74, 6) is -1.50. The van der Waals surface area contributed by atoms with Crippen molar-refractivity contribution in [1.82, 2.24) is 24.5 Å². The molecule has 1 amide bonds. The Morgan fingerprint density at radius 2 is 1.71 bits per heavy atom. The van der Waals surface area contributed by atoms with Gasteiger partial charge in [-0.15, -0.1) is 5.10 Å². The fourth-order valence-electron chi connectivity index (χ4n) is 3.82. The van der Waals surface area contributed by atoms with Crippen LogP contribution in [0.15, 0.2) is 88.9 Å². The fraction of sp³-hybridized carbons (Fsp3) is 0.0870.